The average molecular weight is 264 g/mol. The van der Waals surface area contributed by atoms with Gasteiger partial charge in [0, 0.05) is 5.92 Å². The van der Waals surface area contributed by atoms with Crippen LogP contribution in [0.1, 0.15) is 24.9 Å². The molecule has 3 unspecified atom stereocenters. The third-order valence-electron chi connectivity index (χ3n) is 3.81. The number of rotatable bonds is 3. The van der Waals surface area contributed by atoms with E-state index in [0.717, 1.165) is 30.1 Å². The summed E-state index contributed by atoms with van der Waals surface area (Å²) in [5, 5.41) is 0. The first-order chi connectivity index (χ1) is 9.28. The van der Waals surface area contributed by atoms with Crippen molar-refractivity contribution in [2.24, 2.45) is 11.8 Å². The second kappa shape index (κ2) is 5.36. The molecule has 5 nitrogen and oxygen atoms in total. The van der Waals surface area contributed by atoms with Crippen LogP contribution in [0, 0.1) is 5.92 Å². The van der Waals surface area contributed by atoms with E-state index in [2.05, 4.69) is 12.3 Å². The maximum absolute atomic E-state index is 5.73. The Morgan fingerprint density at radius 3 is 2.74 bits per heavy atom. The van der Waals surface area contributed by atoms with Gasteiger partial charge < -0.3 is 14.2 Å². The van der Waals surface area contributed by atoms with Crippen LogP contribution in [0.2, 0.25) is 0 Å². The van der Waals surface area contributed by atoms with Crippen molar-refractivity contribution in [1.29, 1.82) is 0 Å². The molecule has 104 valence electrons. The summed E-state index contributed by atoms with van der Waals surface area (Å²) in [6.45, 7) is 4.04. The van der Waals surface area contributed by atoms with Gasteiger partial charge in [0.2, 0.25) is 0 Å². The molecule has 1 saturated heterocycles. The Morgan fingerprint density at radius 2 is 2.05 bits per heavy atom. The van der Waals surface area contributed by atoms with Gasteiger partial charge in [0.25, 0.3) is 0 Å². The van der Waals surface area contributed by atoms with Gasteiger partial charge in [-0.25, -0.2) is 0 Å². The zero-order valence-corrected chi connectivity index (χ0v) is 11.1. The Morgan fingerprint density at radius 1 is 1.26 bits per heavy atom. The molecular weight excluding hydrogens is 244 g/mol. The SMILES string of the molecule is CC1CC(C(NN)c2ccc3c(c2)OCCO3)CO1. The van der Waals surface area contributed by atoms with Crippen molar-refractivity contribution < 1.29 is 14.2 Å². The molecule has 0 saturated carbocycles. The molecule has 0 bridgehead atoms. The van der Waals surface area contributed by atoms with E-state index in [1.165, 1.54) is 0 Å². The van der Waals surface area contributed by atoms with Crippen molar-refractivity contribution in [2.75, 3.05) is 19.8 Å². The Hall–Kier alpha value is -1.30. The van der Waals surface area contributed by atoms with E-state index in [0.29, 0.717) is 25.2 Å². The summed E-state index contributed by atoms with van der Waals surface area (Å²) >= 11 is 0. The molecule has 0 spiro atoms. The third-order valence-corrected chi connectivity index (χ3v) is 3.81. The van der Waals surface area contributed by atoms with Crippen LogP contribution in [0.25, 0.3) is 0 Å². The van der Waals surface area contributed by atoms with Gasteiger partial charge in [0.15, 0.2) is 11.5 Å². The predicted molar refractivity (Wildman–Crippen MR) is 71.0 cm³/mol. The summed E-state index contributed by atoms with van der Waals surface area (Å²) < 4.78 is 16.8. The largest absolute Gasteiger partial charge is 0.486 e. The molecule has 19 heavy (non-hydrogen) atoms. The van der Waals surface area contributed by atoms with Crippen molar-refractivity contribution in [3.63, 3.8) is 0 Å². The number of hydrogen-bond donors (Lipinski definition) is 2. The summed E-state index contributed by atoms with van der Waals surface area (Å²) in [5.74, 6) is 7.73. The highest BCUT2D eigenvalue weighted by molar-refractivity contribution is 5.44. The number of nitrogens with one attached hydrogen (secondary N) is 1. The molecule has 5 heteroatoms. The predicted octanol–water partition coefficient (Wildman–Crippen LogP) is 1.39. The van der Waals surface area contributed by atoms with Gasteiger partial charge in [-0.05, 0) is 31.0 Å². The lowest BCUT2D eigenvalue weighted by Gasteiger charge is -2.24. The molecule has 1 aromatic carbocycles. The molecule has 2 aliphatic rings. The number of fused-ring (bicyclic) bond motifs is 1. The highest BCUT2D eigenvalue weighted by atomic mass is 16.6. The number of benzene rings is 1. The van der Waals surface area contributed by atoms with E-state index >= 15 is 0 Å². The van der Waals surface area contributed by atoms with Crippen molar-refractivity contribution in [3.05, 3.63) is 23.8 Å². The van der Waals surface area contributed by atoms with Crippen LogP contribution in [-0.2, 0) is 4.74 Å². The Bertz CT molecular complexity index is 452. The van der Waals surface area contributed by atoms with Crippen LogP contribution in [0.4, 0.5) is 0 Å². The fourth-order valence-corrected chi connectivity index (χ4v) is 2.84. The summed E-state index contributed by atoms with van der Waals surface area (Å²) in [5.41, 5.74) is 4.03. The van der Waals surface area contributed by atoms with Crippen LogP contribution >= 0.6 is 0 Å². The summed E-state index contributed by atoms with van der Waals surface area (Å²) in [6.07, 6.45) is 1.32. The molecule has 2 heterocycles. The maximum atomic E-state index is 5.73. The minimum Gasteiger partial charge on any atom is -0.486 e. The molecule has 3 atom stereocenters. The van der Waals surface area contributed by atoms with Crippen molar-refractivity contribution in [1.82, 2.24) is 5.43 Å². The fraction of sp³-hybridized carbons (Fsp3) is 0.571. The van der Waals surface area contributed by atoms with Gasteiger partial charge in [-0.15, -0.1) is 0 Å². The highest BCUT2D eigenvalue weighted by Crippen LogP contribution is 2.36. The molecule has 1 fully saturated rings. The monoisotopic (exact) mass is 264 g/mol. The van der Waals surface area contributed by atoms with Crippen LogP contribution in [0.15, 0.2) is 18.2 Å². The summed E-state index contributed by atoms with van der Waals surface area (Å²) in [7, 11) is 0. The molecule has 3 N–H and O–H groups in total. The van der Waals surface area contributed by atoms with Gasteiger partial charge in [0.1, 0.15) is 13.2 Å². The first kappa shape index (κ1) is 12.7. The normalized spacial score (nSPS) is 27.3. The van der Waals surface area contributed by atoms with Crippen LogP contribution in [-0.4, -0.2) is 25.9 Å². The van der Waals surface area contributed by atoms with Crippen molar-refractivity contribution in [3.8, 4) is 11.5 Å². The number of ether oxygens (including phenoxy) is 3. The average Bonchev–Trinajstić information content (AvgIpc) is 2.86. The smallest absolute Gasteiger partial charge is 0.161 e. The van der Waals surface area contributed by atoms with E-state index in [9.17, 15) is 0 Å². The van der Waals surface area contributed by atoms with E-state index in [4.69, 9.17) is 20.1 Å². The van der Waals surface area contributed by atoms with Gasteiger partial charge in [-0.2, -0.15) is 0 Å². The second-order valence-corrected chi connectivity index (χ2v) is 5.19. The van der Waals surface area contributed by atoms with Gasteiger partial charge in [0.05, 0.1) is 18.8 Å². The van der Waals surface area contributed by atoms with E-state index < -0.39 is 0 Å². The lowest BCUT2D eigenvalue weighted by Crippen LogP contribution is -2.34. The molecule has 3 rings (SSSR count). The molecule has 0 amide bonds. The minimum absolute atomic E-state index is 0.0841. The summed E-state index contributed by atoms with van der Waals surface area (Å²) in [4.78, 5) is 0. The van der Waals surface area contributed by atoms with Crippen LogP contribution < -0.4 is 20.7 Å². The maximum Gasteiger partial charge on any atom is 0.161 e. The highest BCUT2D eigenvalue weighted by Gasteiger charge is 2.30. The number of hydrogen-bond acceptors (Lipinski definition) is 5. The first-order valence-electron chi connectivity index (χ1n) is 6.75. The van der Waals surface area contributed by atoms with Gasteiger partial charge in [-0.3, -0.25) is 11.3 Å². The Labute approximate surface area is 113 Å². The number of hydrazine groups is 1. The van der Waals surface area contributed by atoms with Gasteiger partial charge >= 0.3 is 0 Å². The van der Waals surface area contributed by atoms with Crippen LogP contribution in [0.5, 0.6) is 11.5 Å². The molecule has 0 aliphatic carbocycles. The summed E-state index contributed by atoms with van der Waals surface area (Å²) in [6, 6.07) is 6.09. The van der Waals surface area contributed by atoms with Gasteiger partial charge in [-0.1, -0.05) is 6.07 Å². The zero-order chi connectivity index (χ0) is 13.2. The lowest BCUT2D eigenvalue weighted by molar-refractivity contribution is 0.117. The molecule has 2 aliphatic heterocycles. The number of nitrogens with two attached hydrogens (primary N) is 1. The lowest BCUT2D eigenvalue weighted by atomic mass is 9.91. The van der Waals surface area contributed by atoms with E-state index in [-0.39, 0.29) is 6.04 Å². The standard InChI is InChI=1S/C14H20N2O3/c1-9-6-11(8-19-9)14(16-15)10-2-3-12-13(7-10)18-5-4-17-12/h2-3,7,9,11,14,16H,4-6,8,15H2,1H3. The Kier molecular flexibility index (Phi) is 3.59. The molecular formula is C14H20N2O3. The molecule has 0 radical (unpaired) electrons. The molecule has 1 aromatic rings. The third kappa shape index (κ3) is 2.54. The topological polar surface area (TPSA) is 65.7 Å². The second-order valence-electron chi connectivity index (χ2n) is 5.19. The van der Waals surface area contributed by atoms with Crippen molar-refractivity contribution >= 4 is 0 Å². The molecule has 0 aromatic heterocycles. The Balaban J connectivity index is 1.83. The fourth-order valence-electron chi connectivity index (χ4n) is 2.84. The van der Waals surface area contributed by atoms with E-state index in [1.807, 2.05) is 18.2 Å². The minimum atomic E-state index is 0.0841. The van der Waals surface area contributed by atoms with E-state index in [1.54, 1.807) is 0 Å². The van der Waals surface area contributed by atoms with Crippen LogP contribution in [0.3, 0.4) is 0 Å². The van der Waals surface area contributed by atoms with Crippen molar-refractivity contribution in [2.45, 2.75) is 25.5 Å². The first-order valence-corrected chi connectivity index (χ1v) is 6.75. The quantitative estimate of drug-likeness (QED) is 0.638. The zero-order valence-electron chi connectivity index (χ0n) is 11.1.